The first-order valence-corrected chi connectivity index (χ1v) is 11.6. The van der Waals surface area contributed by atoms with Crippen molar-refractivity contribution >= 4 is 11.7 Å². The number of nitrogens with zero attached hydrogens (tertiary/aromatic N) is 3. The maximum absolute atomic E-state index is 13.1. The molecule has 1 amide bonds. The van der Waals surface area contributed by atoms with Gasteiger partial charge in [0, 0.05) is 31.5 Å². The Bertz CT molecular complexity index is 894. The topological polar surface area (TPSA) is 91.9 Å². The quantitative estimate of drug-likeness (QED) is 0.749. The first-order chi connectivity index (χ1) is 15.6. The zero-order chi connectivity index (χ0) is 22.4. The SMILES string of the molecule is Nc1ccc(C(=O)N2CCCCC3(CO)CCN(CC3)Cc3ccccc3OCC2)cn1. The number of rotatable bonds is 2. The lowest BCUT2D eigenvalue weighted by Crippen LogP contribution is -2.41. The molecule has 1 saturated heterocycles. The van der Waals surface area contributed by atoms with E-state index in [1.165, 1.54) is 11.8 Å². The molecule has 0 spiro atoms. The van der Waals surface area contributed by atoms with Crippen LogP contribution in [0.2, 0.25) is 0 Å². The molecule has 2 aromatic rings. The van der Waals surface area contributed by atoms with Crippen LogP contribution in [0.15, 0.2) is 42.6 Å². The van der Waals surface area contributed by atoms with E-state index in [0.717, 1.165) is 57.5 Å². The van der Waals surface area contributed by atoms with Gasteiger partial charge in [0.2, 0.25) is 0 Å². The van der Waals surface area contributed by atoms with Gasteiger partial charge in [-0.2, -0.15) is 0 Å². The van der Waals surface area contributed by atoms with Crippen LogP contribution in [0.4, 0.5) is 5.82 Å². The molecule has 3 aliphatic heterocycles. The van der Waals surface area contributed by atoms with E-state index in [4.69, 9.17) is 10.5 Å². The lowest BCUT2D eigenvalue weighted by Gasteiger charge is -2.41. The largest absolute Gasteiger partial charge is 0.491 e. The normalized spacial score (nSPS) is 24.7. The molecule has 3 N–H and O–H groups in total. The van der Waals surface area contributed by atoms with Crippen LogP contribution in [0.1, 0.15) is 48.0 Å². The Kier molecular flexibility index (Phi) is 7.27. The standard InChI is InChI=1S/C25H34N4O3/c26-23-8-7-20(17-27-23)24(31)29-12-4-3-9-25(19-30)10-13-28(14-11-25)18-21-5-1-2-6-22(21)32-16-15-29/h1-2,5-8,17,30H,3-4,9-16,18-19H2,(H2,26,27). The molecule has 7 heteroatoms. The highest BCUT2D eigenvalue weighted by Crippen LogP contribution is 2.37. The fourth-order valence-electron chi connectivity index (χ4n) is 4.79. The van der Waals surface area contributed by atoms with Gasteiger partial charge < -0.3 is 20.5 Å². The number of fused-ring (bicyclic) bond motifs is 9. The Hall–Kier alpha value is -2.64. The Labute approximate surface area is 190 Å². The van der Waals surface area contributed by atoms with Gasteiger partial charge in [-0.05, 0) is 62.4 Å². The second-order valence-corrected chi connectivity index (χ2v) is 9.11. The minimum atomic E-state index is -0.0531. The molecular weight excluding hydrogens is 404 g/mol. The van der Waals surface area contributed by atoms with Crippen LogP contribution >= 0.6 is 0 Å². The summed E-state index contributed by atoms with van der Waals surface area (Å²) in [6.07, 6.45) is 6.44. The van der Waals surface area contributed by atoms with Crippen LogP contribution in [0.5, 0.6) is 5.75 Å². The molecule has 1 aromatic heterocycles. The van der Waals surface area contributed by atoms with Crippen molar-refractivity contribution in [3.8, 4) is 5.75 Å². The van der Waals surface area contributed by atoms with Crippen LogP contribution in [-0.4, -0.2) is 65.2 Å². The minimum absolute atomic E-state index is 0.00239. The van der Waals surface area contributed by atoms with Crippen molar-refractivity contribution in [2.45, 2.75) is 38.6 Å². The number of para-hydroxylation sites is 1. The van der Waals surface area contributed by atoms with Gasteiger partial charge in [-0.3, -0.25) is 9.69 Å². The highest BCUT2D eigenvalue weighted by molar-refractivity contribution is 5.94. The summed E-state index contributed by atoms with van der Waals surface area (Å²) in [6.45, 7) is 4.66. The van der Waals surface area contributed by atoms with Crippen LogP contribution in [0.3, 0.4) is 0 Å². The zero-order valence-corrected chi connectivity index (χ0v) is 18.7. The molecule has 172 valence electrons. The molecule has 2 bridgehead atoms. The second kappa shape index (κ2) is 10.3. The first-order valence-electron chi connectivity index (χ1n) is 11.6. The number of anilines is 1. The average Bonchev–Trinajstić information content (AvgIpc) is 2.83. The van der Waals surface area contributed by atoms with E-state index in [9.17, 15) is 9.90 Å². The van der Waals surface area contributed by atoms with Crippen LogP contribution in [0.25, 0.3) is 0 Å². The molecule has 0 unspecified atom stereocenters. The molecule has 4 heterocycles. The predicted molar refractivity (Wildman–Crippen MR) is 124 cm³/mol. The molecule has 32 heavy (non-hydrogen) atoms. The maximum atomic E-state index is 13.1. The Morgan fingerprint density at radius 1 is 1.06 bits per heavy atom. The lowest BCUT2D eigenvalue weighted by molar-refractivity contribution is 0.0319. The number of amides is 1. The van der Waals surface area contributed by atoms with E-state index >= 15 is 0 Å². The smallest absolute Gasteiger partial charge is 0.255 e. The summed E-state index contributed by atoms with van der Waals surface area (Å²) in [5.74, 6) is 1.23. The summed E-state index contributed by atoms with van der Waals surface area (Å²) in [6, 6.07) is 11.5. The number of nitrogen functional groups attached to an aromatic ring is 1. The highest BCUT2D eigenvalue weighted by atomic mass is 16.5. The maximum Gasteiger partial charge on any atom is 0.255 e. The van der Waals surface area contributed by atoms with Gasteiger partial charge >= 0.3 is 0 Å². The van der Waals surface area contributed by atoms with Crippen LogP contribution in [0, 0.1) is 5.41 Å². The number of benzene rings is 1. The summed E-state index contributed by atoms with van der Waals surface area (Å²) >= 11 is 0. The number of aliphatic hydroxyl groups is 1. The minimum Gasteiger partial charge on any atom is -0.491 e. The van der Waals surface area contributed by atoms with E-state index in [2.05, 4.69) is 16.0 Å². The van der Waals surface area contributed by atoms with Crippen molar-refractivity contribution in [1.82, 2.24) is 14.8 Å². The third-order valence-corrected chi connectivity index (χ3v) is 6.94. The summed E-state index contributed by atoms with van der Waals surface area (Å²) in [5, 5.41) is 10.2. The number of hydrogen-bond donors (Lipinski definition) is 2. The van der Waals surface area contributed by atoms with E-state index in [1.807, 2.05) is 23.1 Å². The van der Waals surface area contributed by atoms with E-state index < -0.39 is 0 Å². The molecule has 7 nitrogen and oxygen atoms in total. The number of carbonyl (C=O) groups excluding carboxylic acids is 1. The number of pyridine rings is 1. The molecule has 5 rings (SSSR count). The van der Waals surface area contributed by atoms with Gasteiger partial charge in [0.25, 0.3) is 5.91 Å². The lowest BCUT2D eigenvalue weighted by atomic mass is 9.75. The fourth-order valence-corrected chi connectivity index (χ4v) is 4.79. The highest BCUT2D eigenvalue weighted by Gasteiger charge is 2.34. The van der Waals surface area contributed by atoms with Gasteiger partial charge in [-0.15, -0.1) is 0 Å². The molecule has 0 aliphatic carbocycles. The van der Waals surface area contributed by atoms with Crippen molar-refractivity contribution in [3.63, 3.8) is 0 Å². The molecule has 3 aliphatic rings. The summed E-state index contributed by atoms with van der Waals surface area (Å²) in [7, 11) is 0. The number of aliphatic hydroxyl groups excluding tert-OH is 1. The van der Waals surface area contributed by atoms with Gasteiger partial charge in [0.05, 0.1) is 12.1 Å². The summed E-state index contributed by atoms with van der Waals surface area (Å²) in [4.78, 5) is 21.5. The van der Waals surface area contributed by atoms with Gasteiger partial charge in [0.1, 0.15) is 18.2 Å². The van der Waals surface area contributed by atoms with Crippen molar-refractivity contribution in [1.29, 1.82) is 0 Å². The van der Waals surface area contributed by atoms with Crippen LogP contribution in [-0.2, 0) is 6.54 Å². The molecule has 0 saturated carbocycles. The third-order valence-electron chi connectivity index (χ3n) is 6.94. The van der Waals surface area contributed by atoms with Gasteiger partial charge in [0.15, 0.2) is 0 Å². The Morgan fingerprint density at radius 2 is 1.88 bits per heavy atom. The van der Waals surface area contributed by atoms with E-state index in [0.29, 0.717) is 31.1 Å². The Balaban J connectivity index is 1.53. The summed E-state index contributed by atoms with van der Waals surface area (Å²) < 4.78 is 6.15. The van der Waals surface area contributed by atoms with E-state index in [-0.39, 0.29) is 17.9 Å². The number of hydrogen-bond acceptors (Lipinski definition) is 6. The molecule has 1 fully saturated rings. The molecular formula is C25H34N4O3. The number of ether oxygens (including phenoxy) is 1. The molecule has 1 aromatic carbocycles. The van der Waals surface area contributed by atoms with Crippen molar-refractivity contribution in [2.24, 2.45) is 5.41 Å². The van der Waals surface area contributed by atoms with Gasteiger partial charge in [-0.1, -0.05) is 24.6 Å². The van der Waals surface area contributed by atoms with Crippen molar-refractivity contribution in [3.05, 3.63) is 53.7 Å². The Morgan fingerprint density at radius 3 is 2.62 bits per heavy atom. The van der Waals surface area contributed by atoms with Gasteiger partial charge in [-0.25, -0.2) is 4.98 Å². The monoisotopic (exact) mass is 438 g/mol. The summed E-state index contributed by atoms with van der Waals surface area (Å²) in [5.41, 5.74) is 7.39. The molecule has 0 atom stereocenters. The number of piperidine rings is 1. The number of nitrogens with two attached hydrogens (primary N) is 1. The number of carbonyl (C=O) groups is 1. The second-order valence-electron chi connectivity index (χ2n) is 9.11. The molecule has 0 radical (unpaired) electrons. The first kappa shape index (κ1) is 22.6. The average molecular weight is 439 g/mol. The zero-order valence-electron chi connectivity index (χ0n) is 18.7. The third kappa shape index (κ3) is 5.40. The van der Waals surface area contributed by atoms with Crippen molar-refractivity contribution in [2.75, 3.05) is 45.1 Å². The van der Waals surface area contributed by atoms with Crippen molar-refractivity contribution < 1.29 is 14.6 Å². The van der Waals surface area contributed by atoms with E-state index in [1.54, 1.807) is 12.1 Å². The number of aromatic nitrogens is 1. The van der Waals surface area contributed by atoms with Crippen LogP contribution < -0.4 is 10.5 Å². The predicted octanol–water partition coefficient (Wildman–Crippen LogP) is 2.94. The fraction of sp³-hybridized carbons (Fsp3) is 0.520.